The Labute approximate surface area is 112 Å². The summed E-state index contributed by atoms with van der Waals surface area (Å²) < 4.78 is 4.77. The summed E-state index contributed by atoms with van der Waals surface area (Å²) in [6.45, 7) is 2.72. The summed E-state index contributed by atoms with van der Waals surface area (Å²) in [5.74, 6) is -0.619. The van der Waals surface area contributed by atoms with E-state index in [9.17, 15) is 14.4 Å². The minimum Gasteiger partial charge on any atom is -0.466 e. The van der Waals surface area contributed by atoms with Crippen LogP contribution in [-0.2, 0) is 14.3 Å². The maximum absolute atomic E-state index is 11.3. The SMILES string of the molecule is CCOC(=O)CCCNCC(=O)NC(=O)NC1CC1. The van der Waals surface area contributed by atoms with Gasteiger partial charge in [0.1, 0.15) is 0 Å². The highest BCUT2D eigenvalue weighted by molar-refractivity contribution is 5.95. The summed E-state index contributed by atoms with van der Waals surface area (Å²) in [7, 11) is 0. The average Bonchev–Trinajstić information content (AvgIpc) is 3.12. The molecule has 0 spiro atoms. The fourth-order valence-corrected chi connectivity index (χ4v) is 1.41. The van der Waals surface area contributed by atoms with E-state index >= 15 is 0 Å². The van der Waals surface area contributed by atoms with Gasteiger partial charge in [-0.25, -0.2) is 4.79 Å². The number of ether oxygens (including phenoxy) is 1. The van der Waals surface area contributed by atoms with Crippen molar-refractivity contribution in [3.8, 4) is 0 Å². The minimum absolute atomic E-state index is 0.0565. The fraction of sp³-hybridized carbons (Fsp3) is 0.750. The Morgan fingerprint density at radius 3 is 2.63 bits per heavy atom. The topological polar surface area (TPSA) is 96.5 Å². The lowest BCUT2D eigenvalue weighted by molar-refractivity contribution is -0.143. The predicted octanol–water partition coefficient (Wildman–Crippen LogP) is -0.0925. The first-order valence-corrected chi connectivity index (χ1v) is 6.58. The fourth-order valence-electron chi connectivity index (χ4n) is 1.41. The molecule has 19 heavy (non-hydrogen) atoms. The van der Waals surface area contributed by atoms with Crippen molar-refractivity contribution >= 4 is 17.9 Å². The largest absolute Gasteiger partial charge is 0.466 e. The van der Waals surface area contributed by atoms with Crippen molar-refractivity contribution in [3.63, 3.8) is 0 Å². The van der Waals surface area contributed by atoms with Gasteiger partial charge in [0.15, 0.2) is 0 Å². The zero-order valence-electron chi connectivity index (χ0n) is 11.2. The van der Waals surface area contributed by atoms with Crippen molar-refractivity contribution in [2.75, 3.05) is 19.7 Å². The van der Waals surface area contributed by atoms with Crippen LogP contribution in [0.4, 0.5) is 4.79 Å². The van der Waals surface area contributed by atoms with Gasteiger partial charge in [0.25, 0.3) is 0 Å². The van der Waals surface area contributed by atoms with E-state index in [1.165, 1.54) is 0 Å². The molecule has 0 aromatic rings. The number of amides is 3. The molecule has 1 fully saturated rings. The van der Waals surface area contributed by atoms with Gasteiger partial charge in [0.05, 0.1) is 13.2 Å². The van der Waals surface area contributed by atoms with Gasteiger partial charge in [-0.2, -0.15) is 0 Å². The van der Waals surface area contributed by atoms with E-state index in [1.807, 2.05) is 0 Å². The van der Waals surface area contributed by atoms with Crippen molar-refractivity contribution < 1.29 is 19.1 Å². The molecule has 3 amide bonds. The highest BCUT2D eigenvalue weighted by Crippen LogP contribution is 2.18. The second-order valence-corrected chi connectivity index (χ2v) is 4.38. The van der Waals surface area contributed by atoms with Crippen LogP contribution in [0.2, 0.25) is 0 Å². The van der Waals surface area contributed by atoms with Crippen LogP contribution in [0.3, 0.4) is 0 Å². The van der Waals surface area contributed by atoms with E-state index in [4.69, 9.17) is 4.74 Å². The highest BCUT2D eigenvalue weighted by Gasteiger charge is 2.23. The summed E-state index contributed by atoms with van der Waals surface area (Å²) in [4.78, 5) is 33.6. The van der Waals surface area contributed by atoms with Crippen LogP contribution in [0.5, 0.6) is 0 Å². The molecular formula is C12H21N3O4. The smallest absolute Gasteiger partial charge is 0.321 e. The Morgan fingerprint density at radius 2 is 2.00 bits per heavy atom. The van der Waals surface area contributed by atoms with Crippen LogP contribution in [0.25, 0.3) is 0 Å². The summed E-state index contributed by atoms with van der Waals surface area (Å²) >= 11 is 0. The number of hydrogen-bond acceptors (Lipinski definition) is 5. The van der Waals surface area contributed by atoms with Gasteiger partial charge >= 0.3 is 12.0 Å². The molecule has 108 valence electrons. The zero-order chi connectivity index (χ0) is 14.1. The van der Waals surface area contributed by atoms with E-state index in [1.54, 1.807) is 6.92 Å². The van der Waals surface area contributed by atoms with Crippen LogP contribution in [0.1, 0.15) is 32.6 Å². The van der Waals surface area contributed by atoms with E-state index in [2.05, 4.69) is 16.0 Å². The molecule has 0 heterocycles. The Kier molecular flexibility index (Phi) is 6.88. The van der Waals surface area contributed by atoms with Crippen molar-refractivity contribution in [2.45, 2.75) is 38.6 Å². The first-order chi connectivity index (χ1) is 9.11. The van der Waals surface area contributed by atoms with Crippen molar-refractivity contribution in [3.05, 3.63) is 0 Å². The maximum Gasteiger partial charge on any atom is 0.321 e. The van der Waals surface area contributed by atoms with Crippen molar-refractivity contribution in [2.24, 2.45) is 0 Å². The van der Waals surface area contributed by atoms with Gasteiger partial charge in [-0.05, 0) is 32.7 Å². The quantitative estimate of drug-likeness (QED) is 0.423. The Balaban J connectivity index is 1.94. The number of imide groups is 1. The monoisotopic (exact) mass is 271 g/mol. The van der Waals surface area contributed by atoms with Crippen LogP contribution in [0.15, 0.2) is 0 Å². The molecule has 0 aromatic carbocycles. The number of carbonyl (C=O) groups excluding carboxylic acids is 3. The zero-order valence-corrected chi connectivity index (χ0v) is 11.2. The van der Waals surface area contributed by atoms with Gasteiger partial charge < -0.3 is 15.4 Å². The molecule has 3 N–H and O–H groups in total. The molecule has 7 nitrogen and oxygen atoms in total. The summed E-state index contributed by atoms with van der Waals surface area (Å²) in [5.41, 5.74) is 0. The van der Waals surface area contributed by atoms with Gasteiger partial charge in [-0.15, -0.1) is 0 Å². The molecule has 1 saturated carbocycles. The number of urea groups is 1. The van der Waals surface area contributed by atoms with Gasteiger partial charge in [-0.3, -0.25) is 14.9 Å². The number of hydrogen-bond donors (Lipinski definition) is 3. The van der Waals surface area contributed by atoms with Gasteiger partial charge in [0.2, 0.25) is 5.91 Å². The van der Waals surface area contributed by atoms with Crippen molar-refractivity contribution in [1.82, 2.24) is 16.0 Å². The van der Waals surface area contributed by atoms with Gasteiger partial charge in [0, 0.05) is 12.5 Å². The number of carbonyl (C=O) groups is 3. The molecule has 0 atom stereocenters. The van der Waals surface area contributed by atoms with E-state index < -0.39 is 6.03 Å². The molecule has 0 bridgehead atoms. The molecule has 0 aromatic heterocycles. The lowest BCUT2D eigenvalue weighted by atomic mass is 10.3. The number of esters is 1. The normalized spacial score (nSPS) is 13.7. The minimum atomic E-state index is -0.444. The molecule has 0 saturated heterocycles. The Morgan fingerprint density at radius 1 is 1.26 bits per heavy atom. The Hall–Kier alpha value is -1.63. The van der Waals surface area contributed by atoms with Crippen LogP contribution in [-0.4, -0.2) is 43.6 Å². The van der Waals surface area contributed by atoms with Crippen LogP contribution in [0, 0.1) is 0 Å². The van der Waals surface area contributed by atoms with E-state index in [0.717, 1.165) is 12.8 Å². The van der Waals surface area contributed by atoms with E-state index in [0.29, 0.717) is 26.0 Å². The highest BCUT2D eigenvalue weighted by atomic mass is 16.5. The summed E-state index contributed by atoms with van der Waals surface area (Å²) in [6, 6.07) is -0.217. The van der Waals surface area contributed by atoms with Crippen molar-refractivity contribution in [1.29, 1.82) is 0 Å². The molecule has 0 radical (unpaired) electrons. The van der Waals surface area contributed by atoms with Gasteiger partial charge in [-0.1, -0.05) is 0 Å². The molecule has 0 aliphatic heterocycles. The maximum atomic E-state index is 11.3. The third-order valence-electron chi connectivity index (χ3n) is 2.49. The molecule has 1 aliphatic carbocycles. The number of nitrogens with one attached hydrogen (secondary N) is 3. The van der Waals surface area contributed by atoms with Crippen LogP contribution >= 0.6 is 0 Å². The lowest BCUT2D eigenvalue weighted by Crippen LogP contribution is -2.44. The summed E-state index contributed by atoms with van der Waals surface area (Å²) in [5, 5.41) is 7.74. The third kappa shape index (κ3) is 8.15. The Bertz CT molecular complexity index is 329. The first-order valence-electron chi connectivity index (χ1n) is 6.58. The second kappa shape index (κ2) is 8.47. The molecule has 1 rings (SSSR count). The molecule has 1 aliphatic rings. The standard InChI is InChI=1S/C12H21N3O4/c1-2-19-11(17)4-3-7-13-8-10(16)15-12(18)14-9-5-6-9/h9,13H,2-8H2,1H3,(H2,14,15,16,18). The number of rotatable bonds is 8. The second-order valence-electron chi connectivity index (χ2n) is 4.38. The molecular weight excluding hydrogens is 250 g/mol. The average molecular weight is 271 g/mol. The first kappa shape index (κ1) is 15.4. The van der Waals surface area contributed by atoms with E-state index in [-0.39, 0.29) is 24.5 Å². The third-order valence-corrected chi connectivity index (χ3v) is 2.49. The molecule has 7 heteroatoms. The lowest BCUT2D eigenvalue weighted by Gasteiger charge is -2.06. The predicted molar refractivity (Wildman–Crippen MR) is 68.4 cm³/mol. The van der Waals surface area contributed by atoms with Crippen LogP contribution < -0.4 is 16.0 Å². The molecule has 0 unspecified atom stereocenters. The summed E-state index contributed by atoms with van der Waals surface area (Å²) in [6.07, 6.45) is 2.88.